The van der Waals surface area contributed by atoms with Gasteiger partial charge in [0.05, 0.1) is 45.2 Å². The first kappa shape index (κ1) is 56.3. The molecule has 5 heterocycles. The summed E-state index contributed by atoms with van der Waals surface area (Å²) in [7, 11) is 0. The van der Waals surface area contributed by atoms with Crippen LogP contribution in [0, 0.1) is 0 Å². The number of carbonyl (C=O) groups is 3. The number of carbonyl (C=O) groups excluding carboxylic acids is 2. The molecule has 5 rings (SSSR count). The number of carboxylic acids is 1. The van der Waals surface area contributed by atoms with Crippen LogP contribution in [0.25, 0.3) is 0 Å². The summed E-state index contributed by atoms with van der Waals surface area (Å²) in [5, 5.41) is 184. The zero-order valence-electron chi connectivity index (χ0n) is 36.2. The van der Waals surface area contributed by atoms with Crippen molar-refractivity contribution >= 4 is 17.8 Å². The van der Waals surface area contributed by atoms with Gasteiger partial charge < -0.3 is 140 Å². The minimum Gasteiger partial charge on any atom is -0.477 e. The van der Waals surface area contributed by atoms with Crippen LogP contribution in [-0.4, -0.2) is 297 Å². The Morgan fingerprint density at radius 3 is 1.69 bits per heavy atom. The highest BCUT2D eigenvalue weighted by Gasteiger charge is 2.60. The molecule has 31 heteroatoms. The molecule has 0 unspecified atom stereocenters. The van der Waals surface area contributed by atoms with Gasteiger partial charge in [0, 0.05) is 20.3 Å². The lowest BCUT2D eigenvalue weighted by molar-refractivity contribution is -0.384. The van der Waals surface area contributed by atoms with Crippen LogP contribution >= 0.6 is 0 Å². The molecule has 5 aliphatic heterocycles. The summed E-state index contributed by atoms with van der Waals surface area (Å²) in [6.07, 6.45) is -46.2. The minimum atomic E-state index is -3.15. The maximum Gasteiger partial charge on any atom is 0.364 e. The molecule has 5 fully saturated rings. The largest absolute Gasteiger partial charge is 0.477 e. The number of hydrogen-bond donors (Lipinski definition) is 19. The number of carboxylic acid groups (broad SMARTS) is 1. The molecule has 0 aromatic carbocycles. The standard InChI is InChI=1S/C37H62N2O29/c1-9(44)38-17-11(46)3-37(36(58)59,67-30(17)19(48)12(47)4-40)68-31-21(50)13(5-41)62-35(27(31)56)65-28-15(7-43)63-33(18(22(28)51)39-10(2)45)60-8-16-20(49)23(52)26(55)34(64-16)66-29-14(6-42)61-32(57)25(54)24(29)53/h11-35,40-43,46-57H,3-8H2,1-2H3,(H,38,44)(H,39,45)(H,58,59)/t11-,12+,13+,14+,15+,16+,17+,18+,19+,20-,21-,22+,23-,24+,25+,26+,27+,28+,29+,30+,31-,32+,33+,34-,35-,37-/m0/s1. The highest BCUT2D eigenvalue weighted by atomic mass is 16.8. The predicted molar refractivity (Wildman–Crippen MR) is 207 cm³/mol. The molecule has 5 saturated heterocycles. The van der Waals surface area contributed by atoms with Gasteiger partial charge in [-0.2, -0.15) is 0 Å². The van der Waals surface area contributed by atoms with Crippen molar-refractivity contribution in [1.82, 2.24) is 10.6 Å². The number of rotatable bonds is 18. The van der Waals surface area contributed by atoms with Gasteiger partial charge in [0.15, 0.2) is 25.2 Å². The molecule has 2 amide bonds. The second kappa shape index (κ2) is 23.8. The van der Waals surface area contributed by atoms with Crippen molar-refractivity contribution in [2.24, 2.45) is 0 Å². The van der Waals surface area contributed by atoms with Crippen molar-refractivity contribution < 1.29 is 144 Å². The Morgan fingerprint density at radius 1 is 0.603 bits per heavy atom. The van der Waals surface area contributed by atoms with Crippen molar-refractivity contribution in [2.45, 2.75) is 179 Å². The molecule has 394 valence electrons. The van der Waals surface area contributed by atoms with E-state index in [1.54, 1.807) is 0 Å². The number of aliphatic carboxylic acids is 1. The van der Waals surface area contributed by atoms with Crippen LogP contribution in [0.15, 0.2) is 0 Å². The second-order valence-electron chi connectivity index (χ2n) is 16.9. The number of ether oxygens (including phenoxy) is 9. The first-order valence-corrected chi connectivity index (χ1v) is 21.2. The topological polar surface area (TPSA) is 502 Å². The van der Waals surface area contributed by atoms with Gasteiger partial charge in [-0.1, -0.05) is 0 Å². The van der Waals surface area contributed by atoms with Crippen LogP contribution < -0.4 is 10.6 Å². The van der Waals surface area contributed by atoms with Gasteiger partial charge in [-0.25, -0.2) is 4.79 Å². The maximum atomic E-state index is 12.9. The monoisotopic (exact) mass is 998 g/mol. The van der Waals surface area contributed by atoms with Gasteiger partial charge in [-0.05, 0) is 0 Å². The average Bonchev–Trinajstić information content (AvgIpc) is 3.29. The normalized spacial score (nSPS) is 46.6. The summed E-state index contributed by atoms with van der Waals surface area (Å²) in [5.74, 6) is -6.84. The van der Waals surface area contributed by atoms with Crippen molar-refractivity contribution in [3.8, 4) is 0 Å². The average molecular weight is 999 g/mol. The molecule has 0 aliphatic carbocycles. The van der Waals surface area contributed by atoms with E-state index in [4.69, 9.17) is 42.6 Å². The Labute approximate surface area is 384 Å². The van der Waals surface area contributed by atoms with E-state index < -0.39 is 216 Å². The van der Waals surface area contributed by atoms with Crippen LogP contribution in [0.4, 0.5) is 0 Å². The van der Waals surface area contributed by atoms with Crippen molar-refractivity contribution in [1.29, 1.82) is 0 Å². The molecule has 0 aromatic rings. The van der Waals surface area contributed by atoms with Crippen LogP contribution in [0.5, 0.6) is 0 Å². The molecule has 31 nitrogen and oxygen atoms in total. The first-order chi connectivity index (χ1) is 31.9. The van der Waals surface area contributed by atoms with E-state index in [9.17, 15) is 101 Å². The fourth-order valence-corrected chi connectivity index (χ4v) is 8.44. The SMILES string of the molecule is CC(=O)N[C@H]1[C@H](OC[C@H]2O[C@@H](O[C@H]3[C@H](O)[C@@H](O)[C@H](O)O[C@@H]3CO)[C@H](O)[C@@H](O)[C@H]2O)O[C@H](CO)[C@@H](O[C@@H]2O[C@H](CO)[C@H](O)[C@H](O[C@]3(C(=O)O)C[C@H](O)[C@@H](NC(C)=O)[C@H]([C@H](O)[C@H](O)CO)O3)[C@H]2O)[C@@H]1O. The second-order valence-corrected chi connectivity index (χ2v) is 16.9. The van der Waals surface area contributed by atoms with Gasteiger partial charge in [-0.15, -0.1) is 0 Å². The molecule has 19 N–H and O–H groups in total. The summed E-state index contributed by atoms with van der Waals surface area (Å²) in [6, 6.07) is -3.33. The maximum absolute atomic E-state index is 12.9. The quantitative estimate of drug-likeness (QED) is 0.0606. The van der Waals surface area contributed by atoms with Crippen LogP contribution in [0.1, 0.15) is 20.3 Å². The Bertz CT molecular complexity index is 1660. The minimum absolute atomic E-state index is 0.805. The van der Waals surface area contributed by atoms with E-state index in [0.717, 1.165) is 13.8 Å². The Kier molecular flexibility index (Phi) is 19.7. The van der Waals surface area contributed by atoms with Gasteiger partial charge in [0.25, 0.3) is 5.79 Å². The van der Waals surface area contributed by atoms with Crippen LogP contribution in [0.3, 0.4) is 0 Å². The van der Waals surface area contributed by atoms with Gasteiger partial charge in [0.1, 0.15) is 116 Å². The van der Waals surface area contributed by atoms with Crippen LogP contribution in [0.2, 0.25) is 0 Å². The first-order valence-electron chi connectivity index (χ1n) is 21.2. The van der Waals surface area contributed by atoms with E-state index in [0.29, 0.717) is 0 Å². The zero-order chi connectivity index (χ0) is 50.7. The number of nitrogens with one attached hydrogen (secondary N) is 2. The third-order valence-electron chi connectivity index (χ3n) is 12.1. The molecule has 0 bridgehead atoms. The smallest absolute Gasteiger partial charge is 0.364 e. The summed E-state index contributed by atoms with van der Waals surface area (Å²) >= 11 is 0. The number of aliphatic hydroxyl groups excluding tert-OH is 16. The van der Waals surface area contributed by atoms with Gasteiger partial charge >= 0.3 is 5.97 Å². The van der Waals surface area contributed by atoms with Gasteiger partial charge in [0.2, 0.25) is 11.8 Å². The molecule has 0 aromatic heterocycles. The summed E-state index contributed by atoms with van der Waals surface area (Å²) in [4.78, 5) is 37.3. The van der Waals surface area contributed by atoms with Crippen molar-refractivity contribution in [3.63, 3.8) is 0 Å². The lowest BCUT2D eigenvalue weighted by atomic mass is 9.88. The molecule has 0 radical (unpaired) electrons. The summed E-state index contributed by atoms with van der Waals surface area (Å²) < 4.78 is 50.3. The summed E-state index contributed by atoms with van der Waals surface area (Å²) in [5.41, 5.74) is 0. The van der Waals surface area contributed by atoms with E-state index in [2.05, 4.69) is 10.6 Å². The van der Waals surface area contributed by atoms with Crippen molar-refractivity contribution in [3.05, 3.63) is 0 Å². The lowest BCUT2D eigenvalue weighted by Gasteiger charge is -2.51. The molecule has 68 heavy (non-hydrogen) atoms. The molecule has 26 atom stereocenters. The third-order valence-corrected chi connectivity index (χ3v) is 12.1. The lowest BCUT2D eigenvalue weighted by Crippen LogP contribution is -2.71. The number of amides is 2. The van der Waals surface area contributed by atoms with Crippen molar-refractivity contribution in [2.75, 3.05) is 33.0 Å². The fraction of sp³-hybridized carbons (Fsp3) is 0.919. The predicted octanol–water partition coefficient (Wildman–Crippen LogP) is -12.4. The molecule has 5 aliphatic rings. The molecular weight excluding hydrogens is 936 g/mol. The zero-order valence-corrected chi connectivity index (χ0v) is 36.2. The molecule has 0 saturated carbocycles. The van der Waals surface area contributed by atoms with E-state index in [1.165, 1.54) is 0 Å². The molecule has 0 spiro atoms. The number of aliphatic hydroxyl groups is 16. The van der Waals surface area contributed by atoms with Gasteiger partial charge in [-0.3, -0.25) is 9.59 Å². The third kappa shape index (κ3) is 12.0. The Hall–Kier alpha value is -2.59. The highest BCUT2D eigenvalue weighted by molar-refractivity contribution is 5.76. The Morgan fingerprint density at radius 2 is 1.13 bits per heavy atom. The van der Waals surface area contributed by atoms with E-state index in [-0.39, 0.29) is 0 Å². The summed E-state index contributed by atoms with van der Waals surface area (Å²) in [6.45, 7) is -2.95. The highest BCUT2D eigenvalue weighted by Crippen LogP contribution is 2.39. The Balaban J connectivity index is 1.35. The van der Waals surface area contributed by atoms with E-state index in [1.807, 2.05) is 0 Å². The van der Waals surface area contributed by atoms with E-state index >= 15 is 0 Å². The van der Waals surface area contributed by atoms with Crippen LogP contribution in [-0.2, 0) is 57.0 Å². The fourth-order valence-electron chi connectivity index (χ4n) is 8.44. The number of hydrogen-bond acceptors (Lipinski definition) is 28. The molecular formula is C37H62N2O29.